The first-order chi connectivity index (χ1) is 13.5. The number of carbonyl (C=O) groups excluding carboxylic acids is 3. The molecule has 1 saturated heterocycles. The molecule has 28 heavy (non-hydrogen) atoms. The number of unbranched alkanes of at least 4 members (excludes halogenated alkanes) is 1. The maximum Gasteiger partial charge on any atom is 0.308 e. The predicted octanol–water partition coefficient (Wildman–Crippen LogP) is 2.54. The molecule has 1 fully saturated rings. The van der Waals surface area contributed by atoms with Gasteiger partial charge in [0.25, 0.3) is 5.91 Å². The average Bonchev–Trinajstić information content (AvgIpc) is 2.69. The van der Waals surface area contributed by atoms with Gasteiger partial charge in [-0.1, -0.05) is 20.3 Å². The topological polar surface area (TPSA) is 84.9 Å². The van der Waals surface area contributed by atoms with Gasteiger partial charge in [0, 0.05) is 18.7 Å². The summed E-state index contributed by atoms with van der Waals surface area (Å²) in [6, 6.07) is 6.01. The van der Waals surface area contributed by atoms with E-state index in [1.165, 1.54) is 4.90 Å². The predicted molar refractivity (Wildman–Crippen MR) is 105 cm³/mol. The van der Waals surface area contributed by atoms with Gasteiger partial charge in [0.15, 0.2) is 0 Å². The van der Waals surface area contributed by atoms with Crippen LogP contribution < -0.4 is 10.1 Å². The molecule has 2 rings (SSSR count). The number of benzene rings is 1. The van der Waals surface area contributed by atoms with E-state index in [9.17, 15) is 14.4 Å². The molecule has 0 aliphatic carbocycles. The van der Waals surface area contributed by atoms with E-state index in [1.807, 2.05) is 20.8 Å². The van der Waals surface area contributed by atoms with Crippen LogP contribution in [0.3, 0.4) is 0 Å². The molecule has 1 aliphatic heterocycles. The normalized spacial score (nSPS) is 17.6. The van der Waals surface area contributed by atoms with Crippen LogP contribution in [0.5, 0.6) is 5.75 Å². The lowest BCUT2D eigenvalue weighted by atomic mass is 10.1. The van der Waals surface area contributed by atoms with Crippen LogP contribution in [-0.4, -0.2) is 54.5 Å². The smallest absolute Gasteiger partial charge is 0.308 e. The number of hydrogen-bond donors (Lipinski definition) is 1. The minimum Gasteiger partial charge on any atom is -0.491 e. The lowest BCUT2D eigenvalue weighted by Crippen LogP contribution is -2.57. The molecule has 154 valence electrons. The maximum atomic E-state index is 12.9. The van der Waals surface area contributed by atoms with Crippen molar-refractivity contribution < 1.29 is 23.9 Å². The molecule has 0 saturated carbocycles. The number of esters is 1. The lowest BCUT2D eigenvalue weighted by Gasteiger charge is -2.34. The Bertz CT molecular complexity index is 674. The Balaban J connectivity index is 2.06. The summed E-state index contributed by atoms with van der Waals surface area (Å²) >= 11 is 0. The molecule has 1 aromatic rings. The zero-order valence-corrected chi connectivity index (χ0v) is 16.9. The summed E-state index contributed by atoms with van der Waals surface area (Å²) in [5, 5.41) is 2.72. The lowest BCUT2D eigenvalue weighted by molar-refractivity contribution is -0.147. The second-order valence-electron chi connectivity index (χ2n) is 6.94. The van der Waals surface area contributed by atoms with E-state index in [0.717, 1.165) is 19.3 Å². The molecule has 0 spiro atoms. The van der Waals surface area contributed by atoms with E-state index in [2.05, 4.69) is 5.32 Å². The minimum atomic E-state index is -0.855. The summed E-state index contributed by atoms with van der Waals surface area (Å²) in [5.41, 5.74) is 0.454. The van der Waals surface area contributed by atoms with Gasteiger partial charge < -0.3 is 19.7 Å². The largest absolute Gasteiger partial charge is 0.491 e. The molecule has 1 aromatic carbocycles. The Kier molecular flexibility index (Phi) is 8.29. The number of amides is 2. The van der Waals surface area contributed by atoms with Crippen molar-refractivity contribution in [2.45, 2.75) is 58.6 Å². The molecular formula is C21H30N2O5. The van der Waals surface area contributed by atoms with Crippen molar-refractivity contribution in [1.82, 2.24) is 10.2 Å². The summed E-state index contributed by atoms with van der Waals surface area (Å²) in [7, 11) is 0. The van der Waals surface area contributed by atoms with E-state index in [1.54, 1.807) is 24.3 Å². The van der Waals surface area contributed by atoms with E-state index < -0.39 is 12.0 Å². The third-order valence-corrected chi connectivity index (χ3v) is 4.73. The third kappa shape index (κ3) is 5.97. The van der Waals surface area contributed by atoms with Gasteiger partial charge in [0.05, 0.1) is 19.1 Å². The highest BCUT2D eigenvalue weighted by molar-refractivity contribution is 5.99. The molecule has 2 amide bonds. The van der Waals surface area contributed by atoms with Gasteiger partial charge in [0.2, 0.25) is 5.91 Å². The molecule has 2 atom stereocenters. The van der Waals surface area contributed by atoms with Crippen molar-refractivity contribution in [2.75, 3.05) is 19.7 Å². The summed E-state index contributed by atoms with van der Waals surface area (Å²) in [6.45, 7) is 7.06. The standard InChI is InChI=1S/C21H30N2O5/c1-4-6-13-27-19(24)14-18-20(25)22-11-12-23(18)21(26)16-7-9-17(10-8-16)28-15(3)5-2/h7-10,15,18H,4-6,11-14H2,1-3H3,(H,22,25). The Morgan fingerprint density at radius 3 is 2.61 bits per heavy atom. The number of hydrogen-bond acceptors (Lipinski definition) is 5. The number of nitrogens with one attached hydrogen (secondary N) is 1. The number of rotatable bonds is 9. The first-order valence-electron chi connectivity index (χ1n) is 9.97. The van der Waals surface area contributed by atoms with Crippen LogP contribution >= 0.6 is 0 Å². The zero-order valence-electron chi connectivity index (χ0n) is 16.9. The van der Waals surface area contributed by atoms with Crippen LogP contribution in [0.15, 0.2) is 24.3 Å². The van der Waals surface area contributed by atoms with Crippen LogP contribution in [-0.2, 0) is 14.3 Å². The van der Waals surface area contributed by atoms with E-state index in [0.29, 0.717) is 31.0 Å². The van der Waals surface area contributed by atoms with E-state index >= 15 is 0 Å². The SMILES string of the molecule is CCCCOC(=O)CC1C(=O)NCCN1C(=O)c1ccc(OC(C)CC)cc1. The van der Waals surface area contributed by atoms with Gasteiger partial charge >= 0.3 is 5.97 Å². The van der Waals surface area contributed by atoms with Crippen LogP contribution in [0.4, 0.5) is 0 Å². The maximum absolute atomic E-state index is 12.9. The van der Waals surface area contributed by atoms with Crippen molar-refractivity contribution >= 4 is 17.8 Å². The fraction of sp³-hybridized carbons (Fsp3) is 0.571. The van der Waals surface area contributed by atoms with Gasteiger partial charge in [0.1, 0.15) is 11.8 Å². The van der Waals surface area contributed by atoms with Crippen molar-refractivity contribution in [2.24, 2.45) is 0 Å². The molecule has 1 aliphatic rings. The van der Waals surface area contributed by atoms with Gasteiger partial charge in [-0.2, -0.15) is 0 Å². The van der Waals surface area contributed by atoms with Gasteiger partial charge in [-0.25, -0.2) is 0 Å². The first kappa shape index (κ1) is 21.7. The second kappa shape index (κ2) is 10.7. The highest BCUT2D eigenvalue weighted by Gasteiger charge is 2.35. The van der Waals surface area contributed by atoms with Crippen LogP contribution in [0.2, 0.25) is 0 Å². The summed E-state index contributed by atoms with van der Waals surface area (Å²) in [4.78, 5) is 38.7. The number of ether oxygens (including phenoxy) is 2. The zero-order chi connectivity index (χ0) is 20.5. The van der Waals surface area contributed by atoms with Gasteiger partial charge in [-0.15, -0.1) is 0 Å². The van der Waals surface area contributed by atoms with Crippen molar-refractivity contribution in [3.8, 4) is 5.75 Å². The molecule has 0 bridgehead atoms. The highest BCUT2D eigenvalue weighted by atomic mass is 16.5. The Morgan fingerprint density at radius 2 is 1.96 bits per heavy atom. The van der Waals surface area contributed by atoms with Gasteiger partial charge in [-0.3, -0.25) is 14.4 Å². The van der Waals surface area contributed by atoms with Crippen LogP contribution in [0.25, 0.3) is 0 Å². The number of piperazine rings is 1. The Labute approximate surface area is 166 Å². The number of nitrogens with zero attached hydrogens (tertiary/aromatic N) is 1. The van der Waals surface area contributed by atoms with E-state index in [-0.39, 0.29) is 24.3 Å². The number of carbonyl (C=O) groups is 3. The van der Waals surface area contributed by atoms with Crippen LogP contribution in [0.1, 0.15) is 56.8 Å². The van der Waals surface area contributed by atoms with Crippen LogP contribution in [0, 0.1) is 0 Å². The molecular weight excluding hydrogens is 360 g/mol. The average molecular weight is 390 g/mol. The fourth-order valence-corrected chi connectivity index (χ4v) is 2.87. The summed E-state index contributed by atoms with van der Waals surface area (Å²) < 4.78 is 10.9. The molecule has 1 heterocycles. The Hall–Kier alpha value is -2.57. The third-order valence-electron chi connectivity index (χ3n) is 4.73. The minimum absolute atomic E-state index is 0.0930. The molecule has 0 radical (unpaired) electrons. The van der Waals surface area contributed by atoms with Crippen molar-refractivity contribution in [3.63, 3.8) is 0 Å². The molecule has 2 unspecified atom stereocenters. The monoisotopic (exact) mass is 390 g/mol. The van der Waals surface area contributed by atoms with Crippen molar-refractivity contribution in [1.29, 1.82) is 0 Å². The second-order valence-corrected chi connectivity index (χ2v) is 6.94. The summed E-state index contributed by atoms with van der Waals surface area (Å²) in [6.07, 6.45) is 2.53. The molecule has 0 aromatic heterocycles. The van der Waals surface area contributed by atoms with E-state index in [4.69, 9.17) is 9.47 Å². The van der Waals surface area contributed by atoms with Gasteiger partial charge in [-0.05, 0) is 44.0 Å². The molecule has 7 nitrogen and oxygen atoms in total. The fourth-order valence-electron chi connectivity index (χ4n) is 2.87. The summed E-state index contributed by atoms with van der Waals surface area (Å²) in [5.74, 6) is -0.385. The highest BCUT2D eigenvalue weighted by Crippen LogP contribution is 2.19. The molecule has 7 heteroatoms. The quantitative estimate of drug-likeness (QED) is 0.517. The molecule has 1 N–H and O–H groups in total. The first-order valence-corrected chi connectivity index (χ1v) is 9.97. The van der Waals surface area contributed by atoms with Crippen molar-refractivity contribution in [3.05, 3.63) is 29.8 Å². The Morgan fingerprint density at radius 1 is 1.25 bits per heavy atom.